The van der Waals surface area contributed by atoms with E-state index in [0.717, 1.165) is 56.3 Å². The quantitative estimate of drug-likeness (QED) is 0.899. The number of hydrogen-bond donors (Lipinski definition) is 1. The largest absolute Gasteiger partial charge is 0.484 e. The molecule has 1 N–H and O–H groups in total. The van der Waals surface area contributed by atoms with Crippen LogP contribution in [0.15, 0.2) is 42.5 Å². The zero-order valence-electron chi connectivity index (χ0n) is 14.9. The normalized spacial score (nSPS) is 16.2. The van der Waals surface area contributed by atoms with Gasteiger partial charge in [-0.15, -0.1) is 0 Å². The Kier molecular flexibility index (Phi) is 5.07. The number of ether oxygens (including phenoxy) is 2. The summed E-state index contributed by atoms with van der Waals surface area (Å²) in [5, 5.41) is 2.89. The zero-order valence-corrected chi connectivity index (χ0v) is 14.9. The first kappa shape index (κ1) is 16.9. The lowest BCUT2D eigenvalue weighted by atomic mass is 10.1. The number of carbonyl (C=O) groups is 1. The van der Waals surface area contributed by atoms with Gasteiger partial charge in [-0.2, -0.15) is 0 Å². The average Bonchev–Trinajstić information content (AvgIpc) is 3.15. The van der Waals surface area contributed by atoms with Gasteiger partial charge in [-0.3, -0.25) is 4.79 Å². The van der Waals surface area contributed by atoms with E-state index in [9.17, 15) is 4.79 Å². The fourth-order valence-electron chi connectivity index (χ4n) is 3.56. The molecule has 0 saturated carbocycles. The summed E-state index contributed by atoms with van der Waals surface area (Å²) in [6, 6.07) is 14.0. The highest BCUT2D eigenvalue weighted by Crippen LogP contribution is 2.26. The number of aryl methyl sites for hydroxylation is 2. The molecular weight excluding hydrogens is 328 g/mol. The van der Waals surface area contributed by atoms with Gasteiger partial charge in [0.2, 0.25) is 0 Å². The van der Waals surface area contributed by atoms with Gasteiger partial charge in [-0.25, -0.2) is 0 Å². The number of anilines is 2. The van der Waals surface area contributed by atoms with Gasteiger partial charge in [-0.05, 0) is 66.8 Å². The molecule has 0 bridgehead atoms. The number of hydrogen-bond acceptors (Lipinski definition) is 4. The maximum absolute atomic E-state index is 12.1. The molecule has 1 fully saturated rings. The number of nitrogens with zero attached hydrogens (tertiary/aromatic N) is 1. The molecule has 0 unspecified atom stereocenters. The van der Waals surface area contributed by atoms with Crippen molar-refractivity contribution in [1.29, 1.82) is 0 Å². The van der Waals surface area contributed by atoms with Gasteiger partial charge in [0.05, 0.1) is 13.2 Å². The Morgan fingerprint density at radius 2 is 1.81 bits per heavy atom. The Balaban J connectivity index is 1.29. The van der Waals surface area contributed by atoms with Gasteiger partial charge in [-0.1, -0.05) is 6.07 Å². The van der Waals surface area contributed by atoms with Crippen LogP contribution in [0.25, 0.3) is 0 Å². The molecule has 1 saturated heterocycles. The fourth-order valence-corrected chi connectivity index (χ4v) is 3.56. The summed E-state index contributed by atoms with van der Waals surface area (Å²) in [4.78, 5) is 14.4. The van der Waals surface area contributed by atoms with Crippen LogP contribution in [0.5, 0.6) is 5.75 Å². The number of rotatable bonds is 5. The summed E-state index contributed by atoms with van der Waals surface area (Å²) < 4.78 is 11.0. The Morgan fingerprint density at radius 3 is 2.62 bits per heavy atom. The van der Waals surface area contributed by atoms with Crippen molar-refractivity contribution < 1.29 is 14.3 Å². The molecule has 0 atom stereocenters. The number of amides is 1. The first-order valence-electron chi connectivity index (χ1n) is 9.25. The second-order valence-electron chi connectivity index (χ2n) is 6.77. The van der Waals surface area contributed by atoms with E-state index in [1.807, 2.05) is 30.3 Å². The van der Waals surface area contributed by atoms with Crippen LogP contribution in [0, 0.1) is 0 Å². The molecule has 1 aliphatic heterocycles. The van der Waals surface area contributed by atoms with Crippen LogP contribution in [-0.4, -0.2) is 38.8 Å². The first-order valence-corrected chi connectivity index (χ1v) is 9.25. The maximum Gasteiger partial charge on any atom is 0.262 e. The molecule has 2 aromatic rings. The molecule has 0 aromatic heterocycles. The molecule has 136 valence electrons. The van der Waals surface area contributed by atoms with E-state index >= 15 is 0 Å². The van der Waals surface area contributed by atoms with Gasteiger partial charge in [0.25, 0.3) is 5.91 Å². The Bertz CT molecular complexity index is 767. The van der Waals surface area contributed by atoms with E-state index in [1.54, 1.807) is 0 Å². The van der Waals surface area contributed by atoms with Crippen LogP contribution in [0.4, 0.5) is 11.4 Å². The lowest BCUT2D eigenvalue weighted by Gasteiger charge is -2.28. The average molecular weight is 352 g/mol. The van der Waals surface area contributed by atoms with Crippen LogP contribution in [0.3, 0.4) is 0 Å². The lowest BCUT2D eigenvalue weighted by molar-refractivity contribution is -0.118. The third-order valence-corrected chi connectivity index (χ3v) is 4.97. The van der Waals surface area contributed by atoms with E-state index in [0.29, 0.717) is 0 Å². The standard InChI is InChI=1S/C21H24N2O3/c24-21(15-26-20-9-4-16-2-1-3-17(16)14-20)22-18-5-7-19(8-6-18)23-10-12-25-13-11-23/h4-9,14H,1-3,10-13,15H2,(H,22,24). The number of fused-ring (bicyclic) bond motifs is 1. The van der Waals surface area contributed by atoms with Crippen LogP contribution in [-0.2, 0) is 22.4 Å². The summed E-state index contributed by atoms with van der Waals surface area (Å²) in [5.41, 5.74) is 4.69. The van der Waals surface area contributed by atoms with Crippen molar-refractivity contribution in [3.63, 3.8) is 0 Å². The maximum atomic E-state index is 12.1. The number of carbonyl (C=O) groups excluding carboxylic acids is 1. The molecule has 0 radical (unpaired) electrons. The topological polar surface area (TPSA) is 50.8 Å². The second-order valence-corrected chi connectivity index (χ2v) is 6.77. The van der Waals surface area contributed by atoms with Crippen molar-refractivity contribution in [2.75, 3.05) is 43.1 Å². The molecule has 26 heavy (non-hydrogen) atoms. The highest BCUT2D eigenvalue weighted by atomic mass is 16.5. The van der Waals surface area contributed by atoms with Crippen molar-refractivity contribution in [2.24, 2.45) is 0 Å². The zero-order chi connectivity index (χ0) is 17.8. The summed E-state index contributed by atoms with van der Waals surface area (Å²) in [5.74, 6) is 0.619. The van der Waals surface area contributed by atoms with E-state index in [2.05, 4.69) is 22.3 Å². The van der Waals surface area contributed by atoms with Gasteiger partial charge >= 0.3 is 0 Å². The SMILES string of the molecule is O=C(COc1ccc2c(c1)CCC2)Nc1ccc(N2CCOCC2)cc1. The molecule has 4 rings (SSSR count). The third-order valence-electron chi connectivity index (χ3n) is 4.97. The molecular formula is C21H24N2O3. The van der Waals surface area contributed by atoms with Crippen molar-refractivity contribution >= 4 is 17.3 Å². The van der Waals surface area contributed by atoms with Crippen LogP contribution >= 0.6 is 0 Å². The lowest BCUT2D eigenvalue weighted by Crippen LogP contribution is -2.36. The molecule has 1 aliphatic carbocycles. The van der Waals surface area contributed by atoms with Crippen LogP contribution in [0.1, 0.15) is 17.5 Å². The minimum Gasteiger partial charge on any atom is -0.484 e. The Labute approximate surface area is 153 Å². The van der Waals surface area contributed by atoms with Crippen molar-refractivity contribution in [1.82, 2.24) is 0 Å². The van der Waals surface area contributed by atoms with Crippen molar-refractivity contribution in [3.05, 3.63) is 53.6 Å². The van der Waals surface area contributed by atoms with Crippen LogP contribution < -0.4 is 15.0 Å². The fraction of sp³-hybridized carbons (Fsp3) is 0.381. The smallest absolute Gasteiger partial charge is 0.262 e. The number of nitrogens with one attached hydrogen (secondary N) is 1. The molecule has 2 aliphatic rings. The Morgan fingerprint density at radius 1 is 1.04 bits per heavy atom. The minimum absolute atomic E-state index is 0.0179. The number of benzene rings is 2. The van der Waals surface area contributed by atoms with E-state index in [4.69, 9.17) is 9.47 Å². The molecule has 5 nitrogen and oxygen atoms in total. The minimum atomic E-state index is -0.148. The van der Waals surface area contributed by atoms with Crippen molar-refractivity contribution in [3.8, 4) is 5.75 Å². The molecule has 2 aromatic carbocycles. The third kappa shape index (κ3) is 3.99. The second kappa shape index (κ2) is 7.79. The van der Waals surface area contributed by atoms with Gasteiger partial charge < -0.3 is 19.7 Å². The molecule has 1 amide bonds. The molecule has 5 heteroatoms. The summed E-state index contributed by atoms with van der Waals surface area (Å²) in [7, 11) is 0. The van der Waals surface area contributed by atoms with Gasteiger partial charge in [0.1, 0.15) is 5.75 Å². The monoisotopic (exact) mass is 352 g/mol. The van der Waals surface area contributed by atoms with Gasteiger partial charge in [0.15, 0.2) is 6.61 Å². The summed E-state index contributed by atoms with van der Waals surface area (Å²) in [6.45, 7) is 3.35. The van der Waals surface area contributed by atoms with E-state index in [1.165, 1.54) is 17.5 Å². The predicted molar refractivity (Wildman–Crippen MR) is 102 cm³/mol. The van der Waals surface area contributed by atoms with E-state index in [-0.39, 0.29) is 12.5 Å². The predicted octanol–water partition coefficient (Wildman–Crippen LogP) is 3.03. The van der Waals surface area contributed by atoms with E-state index < -0.39 is 0 Å². The highest BCUT2D eigenvalue weighted by molar-refractivity contribution is 5.92. The highest BCUT2D eigenvalue weighted by Gasteiger charge is 2.13. The molecule has 0 spiro atoms. The molecule has 1 heterocycles. The van der Waals surface area contributed by atoms with Crippen LogP contribution in [0.2, 0.25) is 0 Å². The number of morpholine rings is 1. The van der Waals surface area contributed by atoms with Crippen molar-refractivity contribution in [2.45, 2.75) is 19.3 Å². The first-order chi connectivity index (χ1) is 12.8. The Hall–Kier alpha value is -2.53. The summed E-state index contributed by atoms with van der Waals surface area (Å²) in [6.07, 6.45) is 3.46. The van der Waals surface area contributed by atoms with Gasteiger partial charge in [0, 0.05) is 24.5 Å². The summed E-state index contributed by atoms with van der Waals surface area (Å²) >= 11 is 0.